The molecule has 0 unspecified atom stereocenters. The average Bonchev–Trinajstić information content (AvgIpc) is 2.61. The molecule has 0 aliphatic carbocycles. The summed E-state index contributed by atoms with van der Waals surface area (Å²) in [5.41, 5.74) is 1.09. The minimum absolute atomic E-state index is 0.607. The maximum atomic E-state index is 5.78. The van der Waals surface area contributed by atoms with Gasteiger partial charge in [-0.1, -0.05) is 0 Å². The molecule has 0 aromatic heterocycles. The van der Waals surface area contributed by atoms with Crippen LogP contribution in [0.5, 0.6) is 11.5 Å². The lowest BCUT2D eigenvalue weighted by atomic mass is 10.1. The lowest BCUT2D eigenvalue weighted by molar-refractivity contribution is 0.115. The van der Waals surface area contributed by atoms with Gasteiger partial charge in [0.25, 0.3) is 0 Å². The third kappa shape index (κ3) is 6.80. The largest absolute Gasteiger partial charge is 0.497 e. The second-order valence-corrected chi connectivity index (χ2v) is 6.04. The third-order valence-corrected chi connectivity index (χ3v) is 4.24. The smallest absolute Gasteiger partial charge is 0.122 e. The van der Waals surface area contributed by atoms with E-state index in [1.54, 1.807) is 14.2 Å². The molecule has 1 radical (unpaired) electrons. The van der Waals surface area contributed by atoms with Gasteiger partial charge in [-0.3, -0.25) is 0 Å². The Bertz CT molecular complexity index is 422. The fraction of sp³-hybridized carbons (Fsp3) is 0.632. The number of rotatable bonds is 10. The highest BCUT2D eigenvalue weighted by Gasteiger charge is 2.08. The molecule has 1 aromatic rings. The summed E-state index contributed by atoms with van der Waals surface area (Å²) in [6.45, 7) is 5.14. The second-order valence-electron chi connectivity index (χ2n) is 6.04. The fourth-order valence-electron chi connectivity index (χ4n) is 2.88. The van der Waals surface area contributed by atoms with E-state index < -0.39 is 0 Å². The number of nitrogens with zero attached hydrogens (tertiary/aromatic N) is 1. The Labute approximate surface area is 140 Å². The van der Waals surface area contributed by atoms with Gasteiger partial charge in [0, 0.05) is 12.7 Å². The first-order chi connectivity index (χ1) is 11.3. The van der Waals surface area contributed by atoms with Crippen molar-refractivity contribution in [2.24, 2.45) is 0 Å². The Morgan fingerprint density at radius 1 is 0.913 bits per heavy atom. The molecule has 1 aromatic carbocycles. The van der Waals surface area contributed by atoms with E-state index in [9.17, 15) is 0 Å². The van der Waals surface area contributed by atoms with Crippen molar-refractivity contribution in [3.8, 4) is 11.5 Å². The molecule has 0 bridgehead atoms. The van der Waals surface area contributed by atoms with Crippen LogP contribution in [0, 0.1) is 6.42 Å². The number of hydrogen-bond acceptors (Lipinski definition) is 4. The number of likely N-dealkylation sites (tertiary alicyclic amines) is 1. The molecule has 0 saturated carbocycles. The van der Waals surface area contributed by atoms with Gasteiger partial charge in [0.05, 0.1) is 20.8 Å². The van der Waals surface area contributed by atoms with Gasteiger partial charge in [-0.15, -0.1) is 0 Å². The van der Waals surface area contributed by atoms with Crippen molar-refractivity contribution >= 4 is 0 Å². The summed E-state index contributed by atoms with van der Waals surface area (Å²) in [6, 6.07) is 5.87. The van der Waals surface area contributed by atoms with Crippen LogP contribution in [0.3, 0.4) is 0 Å². The van der Waals surface area contributed by atoms with E-state index in [-0.39, 0.29) is 0 Å². The van der Waals surface area contributed by atoms with E-state index in [1.165, 1.54) is 45.3 Å². The summed E-state index contributed by atoms with van der Waals surface area (Å²) in [5.74, 6) is 1.61. The minimum Gasteiger partial charge on any atom is -0.497 e. The number of methoxy groups -OCH3 is 2. The number of piperidine rings is 1. The molecule has 1 heterocycles. The van der Waals surface area contributed by atoms with Crippen LogP contribution in [-0.4, -0.2) is 45.4 Å². The molecular weight excluding hydrogens is 290 g/mol. The highest BCUT2D eigenvalue weighted by atomic mass is 16.5. The normalized spacial score (nSPS) is 15.6. The maximum absolute atomic E-state index is 5.78. The van der Waals surface area contributed by atoms with Crippen LogP contribution in [0.4, 0.5) is 0 Å². The molecule has 0 amide bonds. The topological polar surface area (TPSA) is 30.9 Å². The SMILES string of the molecule is COc1cc(COCCCCCN2CC[CH]CC2)cc(OC)c1. The standard InChI is InChI=1S/C19H30NO3/c1-21-18-13-17(14-19(15-18)22-2)16-23-12-8-4-7-11-20-9-5-3-6-10-20/h3,13-15H,4-12,16H2,1-2H3. The molecule has 4 heteroatoms. The Balaban J connectivity index is 1.56. The molecule has 1 saturated heterocycles. The monoisotopic (exact) mass is 320 g/mol. The van der Waals surface area contributed by atoms with Crippen molar-refractivity contribution in [1.29, 1.82) is 0 Å². The van der Waals surface area contributed by atoms with Gasteiger partial charge in [-0.25, -0.2) is 0 Å². The van der Waals surface area contributed by atoms with Crippen LogP contribution in [0.1, 0.15) is 37.7 Å². The first kappa shape index (κ1) is 18.1. The van der Waals surface area contributed by atoms with Crippen LogP contribution in [0.2, 0.25) is 0 Å². The lowest BCUT2D eigenvalue weighted by Gasteiger charge is -2.26. The predicted molar refractivity (Wildman–Crippen MR) is 93.0 cm³/mol. The zero-order chi connectivity index (χ0) is 16.3. The first-order valence-electron chi connectivity index (χ1n) is 8.65. The lowest BCUT2D eigenvalue weighted by Crippen LogP contribution is -2.30. The first-order valence-corrected chi connectivity index (χ1v) is 8.65. The van der Waals surface area contributed by atoms with Gasteiger partial charge in [0.1, 0.15) is 11.5 Å². The molecule has 0 N–H and O–H groups in total. The molecule has 0 spiro atoms. The van der Waals surface area contributed by atoms with E-state index in [4.69, 9.17) is 14.2 Å². The number of benzene rings is 1. The maximum Gasteiger partial charge on any atom is 0.122 e. The Morgan fingerprint density at radius 2 is 1.61 bits per heavy atom. The molecule has 0 atom stereocenters. The Morgan fingerprint density at radius 3 is 2.26 bits per heavy atom. The van der Waals surface area contributed by atoms with E-state index in [2.05, 4.69) is 11.3 Å². The van der Waals surface area contributed by atoms with Gasteiger partial charge in [0.2, 0.25) is 0 Å². The minimum atomic E-state index is 0.607. The molecule has 23 heavy (non-hydrogen) atoms. The Hall–Kier alpha value is -1.26. The summed E-state index contributed by atoms with van der Waals surface area (Å²) >= 11 is 0. The highest BCUT2D eigenvalue weighted by Crippen LogP contribution is 2.23. The summed E-state index contributed by atoms with van der Waals surface area (Å²) in [4.78, 5) is 2.57. The van der Waals surface area contributed by atoms with Crippen LogP contribution in [0.25, 0.3) is 0 Å². The third-order valence-electron chi connectivity index (χ3n) is 4.24. The van der Waals surface area contributed by atoms with Crippen LogP contribution in [0.15, 0.2) is 18.2 Å². The molecule has 1 aliphatic rings. The second kappa shape index (κ2) is 10.5. The van der Waals surface area contributed by atoms with Crippen LogP contribution >= 0.6 is 0 Å². The van der Waals surface area contributed by atoms with Crippen molar-refractivity contribution in [2.45, 2.75) is 38.7 Å². The van der Waals surface area contributed by atoms with Crippen LogP contribution in [-0.2, 0) is 11.3 Å². The van der Waals surface area contributed by atoms with Crippen molar-refractivity contribution in [3.05, 3.63) is 30.2 Å². The van der Waals surface area contributed by atoms with Gasteiger partial charge in [-0.2, -0.15) is 0 Å². The number of hydrogen-bond donors (Lipinski definition) is 0. The fourth-order valence-corrected chi connectivity index (χ4v) is 2.88. The van der Waals surface area contributed by atoms with Crippen molar-refractivity contribution in [2.75, 3.05) is 40.5 Å². The number of ether oxygens (including phenoxy) is 3. The summed E-state index contributed by atoms with van der Waals surface area (Å²) < 4.78 is 16.3. The summed E-state index contributed by atoms with van der Waals surface area (Å²) in [6.07, 6.45) is 8.55. The molecule has 2 rings (SSSR count). The molecule has 1 fully saturated rings. The molecular formula is C19H30NO3. The van der Waals surface area contributed by atoms with Crippen molar-refractivity contribution in [1.82, 2.24) is 4.90 Å². The Kier molecular flexibility index (Phi) is 8.26. The predicted octanol–water partition coefficient (Wildman–Crippen LogP) is 3.69. The highest BCUT2D eigenvalue weighted by molar-refractivity contribution is 5.38. The van der Waals surface area contributed by atoms with Crippen molar-refractivity contribution < 1.29 is 14.2 Å². The summed E-state index contributed by atoms with van der Waals surface area (Å²) in [7, 11) is 3.33. The van der Waals surface area contributed by atoms with Gasteiger partial charge >= 0.3 is 0 Å². The van der Waals surface area contributed by atoms with E-state index in [1.807, 2.05) is 18.2 Å². The number of unbranched alkanes of at least 4 members (excludes halogenated alkanes) is 2. The quantitative estimate of drug-likeness (QED) is 0.615. The average molecular weight is 320 g/mol. The zero-order valence-electron chi connectivity index (χ0n) is 14.6. The van der Waals surface area contributed by atoms with Gasteiger partial charge in [-0.05, 0) is 75.9 Å². The molecule has 1 aliphatic heterocycles. The van der Waals surface area contributed by atoms with Crippen LogP contribution < -0.4 is 9.47 Å². The van der Waals surface area contributed by atoms with E-state index in [0.29, 0.717) is 6.61 Å². The molecule has 4 nitrogen and oxygen atoms in total. The molecule has 129 valence electrons. The van der Waals surface area contributed by atoms with Gasteiger partial charge < -0.3 is 19.1 Å². The van der Waals surface area contributed by atoms with E-state index >= 15 is 0 Å². The zero-order valence-corrected chi connectivity index (χ0v) is 14.6. The van der Waals surface area contributed by atoms with E-state index in [0.717, 1.165) is 30.1 Å². The van der Waals surface area contributed by atoms with Crippen molar-refractivity contribution in [3.63, 3.8) is 0 Å². The van der Waals surface area contributed by atoms with Gasteiger partial charge in [0.15, 0.2) is 0 Å². The summed E-state index contributed by atoms with van der Waals surface area (Å²) in [5, 5.41) is 0.